The molecule has 0 saturated carbocycles. The van der Waals surface area contributed by atoms with Gasteiger partial charge in [-0.15, -0.1) is 13.2 Å². The number of furan rings is 1. The smallest absolute Gasteiger partial charge is 0.463 e. The predicted molar refractivity (Wildman–Crippen MR) is 131 cm³/mol. The number of carbonyl (C=O) groups is 2. The lowest BCUT2D eigenvalue weighted by Gasteiger charge is -2.14. The summed E-state index contributed by atoms with van der Waals surface area (Å²) < 4.78 is 74.9. The normalized spacial score (nSPS) is 11.4. The van der Waals surface area contributed by atoms with Crippen LogP contribution in [0.15, 0.2) is 78.3 Å². The average Bonchev–Trinajstić information content (AvgIpc) is 3.28. The molecule has 0 atom stereocenters. The van der Waals surface area contributed by atoms with Crippen LogP contribution in [0.25, 0.3) is 33.1 Å². The van der Waals surface area contributed by atoms with E-state index >= 15 is 4.39 Å². The molecule has 4 aromatic rings. The molecule has 1 heterocycles. The molecule has 0 amide bonds. The van der Waals surface area contributed by atoms with Gasteiger partial charge in [0.15, 0.2) is 22.7 Å². The van der Waals surface area contributed by atoms with Gasteiger partial charge in [0.2, 0.25) is 5.82 Å². The molecule has 1 aromatic heterocycles. The first kappa shape index (κ1) is 26.5. The van der Waals surface area contributed by atoms with Crippen LogP contribution in [0.2, 0.25) is 0 Å². The molecule has 0 unspecified atom stereocenters. The summed E-state index contributed by atoms with van der Waals surface area (Å²) in [5.41, 5.74) is 0.615. The van der Waals surface area contributed by atoms with Crippen LogP contribution in [0, 0.1) is 5.82 Å². The van der Waals surface area contributed by atoms with Gasteiger partial charge in [0.25, 0.3) is 0 Å². The fraction of sp³-hybridized carbons (Fsp3) is 0.143. The third-order valence-corrected chi connectivity index (χ3v) is 5.55. The van der Waals surface area contributed by atoms with Gasteiger partial charge in [0.1, 0.15) is 0 Å². The first-order valence-electron chi connectivity index (χ1n) is 11.3. The van der Waals surface area contributed by atoms with E-state index in [1.54, 1.807) is 24.3 Å². The summed E-state index contributed by atoms with van der Waals surface area (Å²) in [6.07, 6.45) is -2.04. The predicted octanol–water partition coefficient (Wildman–Crippen LogP) is 7.04. The van der Waals surface area contributed by atoms with Crippen LogP contribution in [-0.2, 0) is 20.7 Å². The minimum atomic E-state index is -5.06. The Morgan fingerprint density at radius 1 is 0.895 bits per heavy atom. The van der Waals surface area contributed by atoms with E-state index in [4.69, 9.17) is 13.9 Å². The van der Waals surface area contributed by atoms with E-state index in [1.807, 2.05) is 0 Å². The molecule has 0 saturated heterocycles. The zero-order valence-corrected chi connectivity index (χ0v) is 19.8. The summed E-state index contributed by atoms with van der Waals surface area (Å²) in [7, 11) is 0. The molecule has 0 radical (unpaired) electrons. The summed E-state index contributed by atoms with van der Waals surface area (Å²) in [4.78, 5) is 22.6. The number of rotatable bonds is 9. The van der Waals surface area contributed by atoms with Gasteiger partial charge in [0, 0.05) is 28.5 Å². The van der Waals surface area contributed by atoms with Gasteiger partial charge < -0.3 is 18.6 Å². The second-order valence-corrected chi connectivity index (χ2v) is 8.02. The number of alkyl halides is 3. The molecule has 0 spiro atoms. The molecule has 0 bridgehead atoms. The molecule has 0 fully saturated rings. The Balaban J connectivity index is 1.73. The van der Waals surface area contributed by atoms with Gasteiger partial charge in [-0.05, 0) is 48.2 Å². The molecule has 0 aliphatic carbocycles. The topological polar surface area (TPSA) is 75.0 Å². The van der Waals surface area contributed by atoms with Gasteiger partial charge in [-0.25, -0.2) is 9.59 Å². The summed E-state index contributed by atoms with van der Waals surface area (Å²) in [6, 6.07) is 12.1. The van der Waals surface area contributed by atoms with Crippen molar-refractivity contribution in [2.75, 3.05) is 6.61 Å². The molecule has 4 rings (SSSR count). The molecule has 38 heavy (non-hydrogen) atoms. The van der Waals surface area contributed by atoms with Crippen LogP contribution in [0.5, 0.6) is 11.5 Å². The number of ether oxygens (including phenoxy) is 3. The SMILES string of the molecule is C=CC(=O)OCCCc1ccc(-c2ccc3c(oc4c(F)c(OC(=O)C=C)ccc43)c2OC(F)(F)F)cc1. The number of halogens is 4. The van der Waals surface area contributed by atoms with E-state index < -0.39 is 41.2 Å². The number of benzene rings is 3. The van der Waals surface area contributed by atoms with Gasteiger partial charge in [-0.1, -0.05) is 37.4 Å². The minimum Gasteiger partial charge on any atom is -0.463 e. The maximum Gasteiger partial charge on any atom is 0.573 e. The van der Waals surface area contributed by atoms with Crippen LogP contribution >= 0.6 is 0 Å². The van der Waals surface area contributed by atoms with E-state index in [1.165, 1.54) is 24.3 Å². The van der Waals surface area contributed by atoms with E-state index in [-0.39, 0.29) is 28.5 Å². The van der Waals surface area contributed by atoms with Crippen molar-refractivity contribution in [3.8, 4) is 22.6 Å². The van der Waals surface area contributed by atoms with Crippen LogP contribution in [0.1, 0.15) is 12.0 Å². The van der Waals surface area contributed by atoms with Crippen molar-refractivity contribution in [3.63, 3.8) is 0 Å². The zero-order valence-electron chi connectivity index (χ0n) is 19.8. The molecule has 196 valence electrons. The molecule has 6 nitrogen and oxygen atoms in total. The van der Waals surface area contributed by atoms with Gasteiger partial charge in [-0.3, -0.25) is 0 Å². The minimum absolute atomic E-state index is 0.0686. The van der Waals surface area contributed by atoms with Crippen molar-refractivity contribution in [2.45, 2.75) is 19.2 Å². The van der Waals surface area contributed by atoms with E-state index in [9.17, 15) is 22.8 Å². The van der Waals surface area contributed by atoms with Gasteiger partial charge in [0.05, 0.1) is 6.61 Å². The highest BCUT2D eigenvalue weighted by molar-refractivity contribution is 6.09. The monoisotopic (exact) mass is 528 g/mol. The Hall–Kier alpha value is -4.60. The Bertz CT molecular complexity index is 1530. The third-order valence-electron chi connectivity index (χ3n) is 5.55. The van der Waals surface area contributed by atoms with Crippen LogP contribution in [0.4, 0.5) is 17.6 Å². The summed E-state index contributed by atoms with van der Waals surface area (Å²) in [6.45, 7) is 6.75. The number of fused-ring (bicyclic) bond motifs is 3. The molecule has 0 aliphatic rings. The van der Waals surface area contributed by atoms with E-state index in [0.717, 1.165) is 17.7 Å². The molecular weight excluding hydrogens is 508 g/mol. The Morgan fingerprint density at radius 3 is 2.21 bits per heavy atom. The summed E-state index contributed by atoms with van der Waals surface area (Å²) >= 11 is 0. The Kier molecular flexibility index (Phi) is 7.52. The quantitative estimate of drug-likeness (QED) is 0.0763. The number of carbonyl (C=O) groups excluding carboxylic acids is 2. The maximum absolute atomic E-state index is 15.0. The standard InChI is InChI=1S/C28H20F4O6/c1-3-22(33)35-15-5-6-16-7-9-17(10-8-16)18-11-12-20-19-13-14-21(36-23(34)4-2)24(29)25(19)37-26(20)27(18)38-28(30,31)32/h3-4,7-14H,1-2,5-6,15H2. The molecule has 10 heteroatoms. The van der Waals surface area contributed by atoms with Crippen molar-refractivity contribution in [3.05, 3.63) is 85.2 Å². The molecular formula is C28H20F4O6. The van der Waals surface area contributed by atoms with Crippen LogP contribution in [-0.4, -0.2) is 24.9 Å². The van der Waals surface area contributed by atoms with Crippen molar-refractivity contribution < 1.29 is 45.8 Å². The van der Waals surface area contributed by atoms with Crippen molar-refractivity contribution >= 4 is 33.9 Å². The second-order valence-electron chi connectivity index (χ2n) is 8.02. The number of hydrogen-bond acceptors (Lipinski definition) is 6. The first-order chi connectivity index (χ1) is 18.1. The summed E-state index contributed by atoms with van der Waals surface area (Å²) in [5.74, 6) is -3.60. The number of hydrogen-bond donors (Lipinski definition) is 0. The van der Waals surface area contributed by atoms with Crippen molar-refractivity contribution in [2.24, 2.45) is 0 Å². The molecule has 3 aromatic carbocycles. The Labute approximate surface area is 213 Å². The number of esters is 2. The van der Waals surface area contributed by atoms with E-state index in [2.05, 4.69) is 17.9 Å². The van der Waals surface area contributed by atoms with Crippen LogP contribution < -0.4 is 9.47 Å². The first-order valence-corrected chi connectivity index (χ1v) is 11.3. The highest BCUT2D eigenvalue weighted by Crippen LogP contribution is 2.44. The highest BCUT2D eigenvalue weighted by atomic mass is 19.4. The molecule has 0 aliphatic heterocycles. The number of aryl methyl sites for hydroxylation is 1. The fourth-order valence-corrected chi connectivity index (χ4v) is 3.86. The van der Waals surface area contributed by atoms with Crippen LogP contribution in [0.3, 0.4) is 0 Å². The largest absolute Gasteiger partial charge is 0.573 e. The Morgan fingerprint density at radius 2 is 1.55 bits per heavy atom. The highest BCUT2D eigenvalue weighted by Gasteiger charge is 2.34. The lowest BCUT2D eigenvalue weighted by molar-refractivity contribution is -0.274. The maximum atomic E-state index is 15.0. The average molecular weight is 528 g/mol. The molecule has 0 N–H and O–H groups in total. The lowest BCUT2D eigenvalue weighted by Crippen LogP contribution is -2.17. The fourth-order valence-electron chi connectivity index (χ4n) is 3.86. The van der Waals surface area contributed by atoms with E-state index in [0.29, 0.717) is 18.4 Å². The summed E-state index contributed by atoms with van der Waals surface area (Å²) in [5, 5.41) is 0.344. The van der Waals surface area contributed by atoms with Gasteiger partial charge >= 0.3 is 18.3 Å². The third kappa shape index (κ3) is 5.69. The zero-order chi connectivity index (χ0) is 27.4. The van der Waals surface area contributed by atoms with Crippen molar-refractivity contribution in [1.82, 2.24) is 0 Å². The van der Waals surface area contributed by atoms with Crippen molar-refractivity contribution in [1.29, 1.82) is 0 Å². The second kappa shape index (κ2) is 10.8. The lowest BCUT2D eigenvalue weighted by atomic mass is 9.99. The van der Waals surface area contributed by atoms with Gasteiger partial charge in [-0.2, -0.15) is 4.39 Å².